The van der Waals surface area contributed by atoms with Crippen LogP contribution in [0.4, 0.5) is 0 Å². The first-order chi connectivity index (χ1) is 6.57. The Morgan fingerprint density at radius 3 is 2.86 bits per heavy atom. The average molecular weight is 285 g/mol. The van der Waals surface area contributed by atoms with Crippen LogP contribution in [0.25, 0.3) is 0 Å². The van der Waals surface area contributed by atoms with Crippen LogP contribution >= 0.6 is 15.9 Å². The summed E-state index contributed by atoms with van der Waals surface area (Å²) in [5, 5.41) is 0. The summed E-state index contributed by atoms with van der Waals surface area (Å²) in [6.07, 6.45) is 2.02. The van der Waals surface area contributed by atoms with Crippen LogP contribution in [0.1, 0.15) is 19.8 Å². The number of sulfonamides is 1. The second-order valence-electron chi connectivity index (χ2n) is 3.57. The van der Waals surface area contributed by atoms with E-state index in [0.717, 1.165) is 32.5 Å². The minimum Gasteiger partial charge on any atom is -0.302 e. The van der Waals surface area contributed by atoms with Gasteiger partial charge in [0.25, 0.3) is 0 Å². The molecule has 1 aliphatic rings. The normalized spacial score (nSPS) is 25.1. The molecule has 1 heterocycles. The first-order valence-electron chi connectivity index (χ1n) is 4.85. The lowest BCUT2D eigenvalue weighted by Gasteiger charge is -2.31. The quantitative estimate of drug-likeness (QED) is 0.775. The first kappa shape index (κ1) is 12.4. The SMILES string of the molecule is CCN1CCCC(NS(=O)(=O)CBr)C1. The highest BCUT2D eigenvalue weighted by molar-refractivity contribution is 9.10. The van der Waals surface area contributed by atoms with Crippen molar-refractivity contribution in [2.75, 3.05) is 24.3 Å². The molecule has 1 fully saturated rings. The number of likely N-dealkylation sites (N-methyl/N-ethyl adjacent to an activating group) is 1. The number of halogens is 1. The van der Waals surface area contributed by atoms with Crippen LogP contribution < -0.4 is 4.72 Å². The highest BCUT2D eigenvalue weighted by Crippen LogP contribution is 2.10. The second kappa shape index (κ2) is 5.44. The third-order valence-electron chi connectivity index (χ3n) is 2.44. The lowest BCUT2D eigenvalue weighted by molar-refractivity contribution is 0.211. The third-order valence-corrected chi connectivity index (χ3v) is 5.23. The summed E-state index contributed by atoms with van der Waals surface area (Å²) in [5.74, 6) is 0. The van der Waals surface area contributed by atoms with Gasteiger partial charge in [0.2, 0.25) is 10.0 Å². The zero-order valence-electron chi connectivity index (χ0n) is 8.37. The number of likely N-dealkylation sites (tertiary alicyclic amines) is 1. The molecule has 0 radical (unpaired) electrons. The Morgan fingerprint density at radius 2 is 2.29 bits per heavy atom. The van der Waals surface area contributed by atoms with Crippen LogP contribution in [0.5, 0.6) is 0 Å². The van der Waals surface area contributed by atoms with E-state index in [2.05, 4.69) is 32.5 Å². The Kier molecular flexibility index (Phi) is 4.82. The molecule has 1 aliphatic heterocycles. The van der Waals surface area contributed by atoms with Gasteiger partial charge in [-0.2, -0.15) is 0 Å². The molecule has 0 aromatic rings. The monoisotopic (exact) mass is 284 g/mol. The molecular formula is C8H17BrN2O2S. The lowest BCUT2D eigenvalue weighted by atomic mass is 10.1. The van der Waals surface area contributed by atoms with Gasteiger partial charge in [0, 0.05) is 12.6 Å². The van der Waals surface area contributed by atoms with Crippen LogP contribution in [-0.4, -0.2) is 43.7 Å². The molecule has 1 unspecified atom stereocenters. The first-order valence-corrected chi connectivity index (χ1v) is 7.63. The van der Waals surface area contributed by atoms with Gasteiger partial charge in [-0.1, -0.05) is 22.9 Å². The summed E-state index contributed by atoms with van der Waals surface area (Å²) in [7, 11) is -3.11. The zero-order chi connectivity index (χ0) is 10.6. The van der Waals surface area contributed by atoms with E-state index in [-0.39, 0.29) is 10.7 Å². The predicted octanol–water partition coefficient (Wildman–Crippen LogP) is 0.743. The van der Waals surface area contributed by atoms with E-state index in [9.17, 15) is 8.42 Å². The van der Waals surface area contributed by atoms with Gasteiger partial charge in [0.05, 0.1) is 0 Å². The minimum absolute atomic E-state index is 0.0113. The van der Waals surface area contributed by atoms with E-state index in [0.29, 0.717) is 0 Å². The Morgan fingerprint density at radius 1 is 1.57 bits per heavy atom. The number of piperidine rings is 1. The number of hydrogen-bond donors (Lipinski definition) is 1. The molecule has 0 aliphatic carbocycles. The van der Waals surface area contributed by atoms with Gasteiger partial charge in [-0.15, -0.1) is 0 Å². The number of rotatable bonds is 4. The maximum atomic E-state index is 11.3. The van der Waals surface area contributed by atoms with Crippen molar-refractivity contribution >= 4 is 26.0 Å². The standard InChI is InChI=1S/C8H17BrN2O2S/c1-2-11-5-3-4-8(6-11)10-14(12,13)7-9/h8,10H,2-7H2,1H3. The minimum atomic E-state index is -3.11. The van der Waals surface area contributed by atoms with Crippen molar-refractivity contribution in [3.05, 3.63) is 0 Å². The van der Waals surface area contributed by atoms with E-state index < -0.39 is 10.0 Å². The molecule has 0 spiro atoms. The zero-order valence-corrected chi connectivity index (χ0v) is 10.8. The van der Waals surface area contributed by atoms with Crippen LogP contribution in [0.15, 0.2) is 0 Å². The summed E-state index contributed by atoms with van der Waals surface area (Å²) >= 11 is 2.97. The van der Waals surface area contributed by atoms with Crippen molar-refractivity contribution in [1.29, 1.82) is 0 Å². The molecule has 1 rings (SSSR count). The molecule has 84 valence electrons. The number of nitrogens with one attached hydrogen (secondary N) is 1. The van der Waals surface area contributed by atoms with Gasteiger partial charge in [0.1, 0.15) is 4.66 Å². The summed E-state index contributed by atoms with van der Waals surface area (Å²) in [4.78, 5) is 2.27. The van der Waals surface area contributed by atoms with Gasteiger partial charge in [-0.25, -0.2) is 13.1 Å². The Labute approximate surface area is 94.2 Å². The lowest BCUT2D eigenvalue weighted by Crippen LogP contribution is -2.47. The Hall–Kier alpha value is 0.350. The number of hydrogen-bond acceptors (Lipinski definition) is 3. The van der Waals surface area contributed by atoms with Crippen LogP contribution in [0.3, 0.4) is 0 Å². The van der Waals surface area contributed by atoms with Crippen molar-refractivity contribution in [2.45, 2.75) is 25.8 Å². The van der Waals surface area contributed by atoms with Gasteiger partial charge in [-0.05, 0) is 25.9 Å². The molecule has 4 nitrogen and oxygen atoms in total. The van der Waals surface area contributed by atoms with Crippen molar-refractivity contribution in [3.8, 4) is 0 Å². The van der Waals surface area contributed by atoms with E-state index in [1.807, 2.05) is 0 Å². The van der Waals surface area contributed by atoms with Crippen molar-refractivity contribution in [1.82, 2.24) is 9.62 Å². The molecule has 1 atom stereocenters. The molecule has 0 saturated carbocycles. The number of alkyl halides is 1. The molecule has 0 aromatic carbocycles. The fourth-order valence-electron chi connectivity index (χ4n) is 1.72. The summed E-state index contributed by atoms with van der Waals surface area (Å²) < 4.78 is 25.3. The van der Waals surface area contributed by atoms with Crippen molar-refractivity contribution in [2.24, 2.45) is 0 Å². The molecule has 1 saturated heterocycles. The molecular weight excluding hydrogens is 268 g/mol. The number of nitrogens with zero attached hydrogens (tertiary/aromatic N) is 1. The van der Waals surface area contributed by atoms with E-state index in [4.69, 9.17) is 0 Å². The smallest absolute Gasteiger partial charge is 0.221 e. The maximum absolute atomic E-state index is 11.3. The van der Waals surface area contributed by atoms with Crippen LogP contribution in [0, 0.1) is 0 Å². The summed E-state index contributed by atoms with van der Waals surface area (Å²) in [5.41, 5.74) is 0. The van der Waals surface area contributed by atoms with Gasteiger partial charge >= 0.3 is 0 Å². The van der Waals surface area contributed by atoms with E-state index in [1.165, 1.54) is 0 Å². The second-order valence-corrected chi connectivity index (χ2v) is 6.63. The van der Waals surface area contributed by atoms with Gasteiger partial charge in [-0.3, -0.25) is 0 Å². The average Bonchev–Trinajstić information content (AvgIpc) is 2.17. The Bertz CT molecular complexity index is 269. The van der Waals surface area contributed by atoms with E-state index in [1.54, 1.807) is 0 Å². The van der Waals surface area contributed by atoms with Crippen molar-refractivity contribution in [3.63, 3.8) is 0 Å². The van der Waals surface area contributed by atoms with Gasteiger partial charge < -0.3 is 4.90 Å². The molecule has 6 heteroatoms. The molecule has 1 N–H and O–H groups in total. The largest absolute Gasteiger partial charge is 0.302 e. The highest BCUT2D eigenvalue weighted by Gasteiger charge is 2.22. The molecule has 0 amide bonds. The predicted molar refractivity (Wildman–Crippen MR) is 61.0 cm³/mol. The van der Waals surface area contributed by atoms with Crippen LogP contribution in [-0.2, 0) is 10.0 Å². The van der Waals surface area contributed by atoms with Crippen molar-refractivity contribution < 1.29 is 8.42 Å². The maximum Gasteiger partial charge on any atom is 0.221 e. The van der Waals surface area contributed by atoms with E-state index >= 15 is 0 Å². The third kappa shape index (κ3) is 3.84. The summed E-state index contributed by atoms with van der Waals surface area (Å²) in [6, 6.07) is 0.0891. The summed E-state index contributed by atoms with van der Waals surface area (Å²) in [6.45, 7) is 5.01. The molecule has 0 bridgehead atoms. The Balaban J connectivity index is 2.45. The molecule has 14 heavy (non-hydrogen) atoms. The van der Waals surface area contributed by atoms with Crippen LogP contribution in [0.2, 0.25) is 0 Å². The highest BCUT2D eigenvalue weighted by atomic mass is 79.9. The van der Waals surface area contributed by atoms with Gasteiger partial charge in [0.15, 0.2) is 0 Å². The molecule has 0 aromatic heterocycles. The fraction of sp³-hybridized carbons (Fsp3) is 1.00. The fourth-order valence-corrected chi connectivity index (χ4v) is 2.88. The topological polar surface area (TPSA) is 49.4 Å².